The first-order valence-electron chi connectivity index (χ1n) is 21.0. The van der Waals surface area contributed by atoms with Crippen molar-refractivity contribution in [2.75, 3.05) is 0 Å². The molecule has 0 bridgehead atoms. The summed E-state index contributed by atoms with van der Waals surface area (Å²) >= 11 is -5.55. The van der Waals surface area contributed by atoms with Crippen molar-refractivity contribution in [1.82, 2.24) is 0 Å². The van der Waals surface area contributed by atoms with Crippen LogP contribution in [0.2, 0.25) is 0 Å². The van der Waals surface area contributed by atoms with E-state index in [1.165, 1.54) is 136 Å². The van der Waals surface area contributed by atoms with Crippen LogP contribution in [0.1, 0.15) is 99.0 Å². The Kier molecular flexibility index (Phi) is 9.47. The van der Waals surface area contributed by atoms with Gasteiger partial charge in [0, 0.05) is 0 Å². The maximum absolute atomic E-state index is 9.20. The Bertz CT molecular complexity index is 2740. The molecular formula is C54H55Cl2SiZr. The summed E-state index contributed by atoms with van der Waals surface area (Å²) in [7, 11) is 17.6. The van der Waals surface area contributed by atoms with Crippen molar-refractivity contribution in [3.8, 4) is 33.4 Å². The molecule has 6 aromatic carbocycles. The molecule has 0 aromatic heterocycles. The summed E-state index contributed by atoms with van der Waals surface area (Å²) < 4.78 is 1.07. The van der Waals surface area contributed by atoms with E-state index in [4.69, 9.17) is 0 Å². The average Bonchev–Trinajstić information content (AvgIpc) is 3.86. The van der Waals surface area contributed by atoms with E-state index in [0.717, 1.165) is 0 Å². The zero-order valence-electron chi connectivity index (χ0n) is 36.3. The second-order valence-electron chi connectivity index (χ2n) is 18.2. The fraction of sp³-hybridized carbons (Fsp3) is 0.259. The molecule has 6 aromatic rings. The molecule has 0 radical (unpaired) electrons. The summed E-state index contributed by atoms with van der Waals surface area (Å²) in [5.41, 5.74) is 29.2. The van der Waals surface area contributed by atoms with Gasteiger partial charge in [0.1, 0.15) is 0 Å². The van der Waals surface area contributed by atoms with Crippen molar-refractivity contribution in [1.29, 1.82) is 0 Å². The maximum atomic E-state index is 9.20. The molecule has 0 spiro atoms. The van der Waals surface area contributed by atoms with Gasteiger partial charge >= 0.3 is 360 Å². The number of halogens is 2. The normalized spacial score (nSPS) is 17.7. The molecule has 2 aliphatic carbocycles. The zero-order valence-corrected chi connectivity index (χ0v) is 41.7. The summed E-state index contributed by atoms with van der Waals surface area (Å²) in [4.78, 5) is 0. The van der Waals surface area contributed by atoms with Crippen LogP contribution in [0.15, 0.2) is 90.0 Å². The first kappa shape index (κ1) is 39.9. The number of benzene rings is 6. The Morgan fingerprint density at radius 3 is 1.41 bits per heavy atom. The third kappa shape index (κ3) is 5.47. The molecule has 0 N–H and O–H groups in total. The SMILES string of the molecule is CC1=Cc2c(ccc(C)c2-c2cc(C)c(C)c(C)c2C)[CH]1[Zr]([Cl])([Cl])([c]1cccc2c1[SiH2]c1ccccc1-2)[CH]1C(C)=Cc2c1ccc(C)c2-c1cc(C)c(C)c(C)c1C. The summed E-state index contributed by atoms with van der Waals surface area (Å²) in [6.07, 6.45) is 4.94. The average molecular weight is 894 g/mol. The second-order valence-corrected chi connectivity index (χ2v) is 40.6. The molecule has 293 valence electrons. The molecule has 0 nitrogen and oxygen atoms in total. The quantitative estimate of drug-likeness (QED) is 0.151. The molecule has 0 amide bonds. The Labute approximate surface area is 357 Å². The molecule has 2 unspecified atom stereocenters. The van der Waals surface area contributed by atoms with Crippen molar-refractivity contribution in [3.63, 3.8) is 0 Å². The third-order valence-corrected chi connectivity index (χ3v) is 38.4. The molecule has 1 heterocycles. The van der Waals surface area contributed by atoms with E-state index in [0.29, 0.717) is 0 Å². The summed E-state index contributed by atoms with van der Waals surface area (Å²) in [6, 6.07) is 30.3. The minimum atomic E-state index is -5.55. The van der Waals surface area contributed by atoms with Gasteiger partial charge in [-0.1, -0.05) is 0 Å². The predicted octanol–water partition coefficient (Wildman–Crippen LogP) is 13.1. The Morgan fingerprint density at radius 1 is 0.448 bits per heavy atom. The van der Waals surface area contributed by atoms with Crippen molar-refractivity contribution in [2.24, 2.45) is 0 Å². The fourth-order valence-electron chi connectivity index (χ4n) is 11.6. The number of aryl methyl sites for hydroxylation is 4. The number of rotatable bonds is 5. The van der Waals surface area contributed by atoms with Gasteiger partial charge in [-0.15, -0.1) is 0 Å². The first-order chi connectivity index (χ1) is 27.4. The Morgan fingerprint density at radius 2 is 0.914 bits per heavy atom. The van der Waals surface area contributed by atoms with Gasteiger partial charge < -0.3 is 0 Å². The molecule has 9 rings (SSSR count). The van der Waals surface area contributed by atoms with Crippen molar-refractivity contribution < 1.29 is 16.4 Å². The van der Waals surface area contributed by atoms with Crippen LogP contribution in [0.3, 0.4) is 0 Å². The third-order valence-electron chi connectivity index (χ3n) is 15.2. The van der Waals surface area contributed by atoms with Crippen LogP contribution in [0, 0.1) is 69.2 Å². The van der Waals surface area contributed by atoms with Crippen LogP contribution in [0.25, 0.3) is 45.5 Å². The van der Waals surface area contributed by atoms with Crippen LogP contribution in [-0.2, 0) is 16.4 Å². The number of hydrogen-bond donors (Lipinski definition) is 0. The van der Waals surface area contributed by atoms with Crippen LogP contribution >= 0.6 is 17.0 Å². The van der Waals surface area contributed by atoms with Crippen molar-refractivity contribution >= 4 is 52.3 Å². The minimum absolute atomic E-state index is 0.106. The second kappa shape index (κ2) is 13.8. The molecule has 3 aliphatic rings. The topological polar surface area (TPSA) is 0 Å². The molecule has 0 saturated heterocycles. The van der Waals surface area contributed by atoms with Gasteiger partial charge in [0.15, 0.2) is 0 Å². The van der Waals surface area contributed by atoms with E-state index in [1.807, 2.05) is 0 Å². The van der Waals surface area contributed by atoms with Gasteiger partial charge in [-0.25, -0.2) is 0 Å². The molecule has 2 atom stereocenters. The van der Waals surface area contributed by atoms with Crippen LogP contribution in [0.5, 0.6) is 0 Å². The molecule has 0 saturated carbocycles. The van der Waals surface area contributed by atoms with E-state index in [2.05, 4.69) is 174 Å². The number of fused-ring (bicyclic) bond motifs is 5. The van der Waals surface area contributed by atoms with Gasteiger partial charge in [0.2, 0.25) is 0 Å². The van der Waals surface area contributed by atoms with Crippen molar-refractivity contribution in [2.45, 2.75) is 90.3 Å². The standard InChI is InChI=1S/2C21H23.C12H9Si.2ClH.Zr/c2*1-12-9-18-8-7-13(2)21(20(18)10-12)19-11-14(3)15(4)16(5)17(19)6;1-3-7-11-9(5-1)10-6-2-4-8-12(10)13-11;;;/h2*7-11H,1-6H3;1-7H,13H2;2*1H;/q;;;;;+2/p-2. The number of hydrogen-bond acceptors (Lipinski definition) is 0. The molecule has 0 fully saturated rings. The van der Waals surface area contributed by atoms with Crippen LogP contribution in [0.4, 0.5) is 0 Å². The molecule has 58 heavy (non-hydrogen) atoms. The van der Waals surface area contributed by atoms with Gasteiger partial charge in [-0.05, 0) is 0 Å². The van der Waals surface area contributed by atoms with Crippen molar-refractivity contribution in [3.05, 3.63) is 168 Å². The molecule has 4 heteroatoms. The van der Waals surface area contributed by atoms with E-state index in [9.17, 15) is 17.0 Å². The van der Waals surface area contributed by atoms with E-state index < -0.39 is 25.9 Å². The Balaban J connectivity index is 1.36. The first-order valence-corrected chi connectivity index (χ1v) is 32.8. The van der Waals surface area contributed by atoms with E-state index >= 15 is 0 Å². The fourth-order valence-corrected chi connectivity index (χ4v) is 40.4. The number of allylic oxidation sites excluding steroid dienone is 2. The van der Waals surface area contributed by atoms with E-state index in [1.54, 1.807) is 0 Å². The summed E-state index contributed by atoms with van der Waals surface area (Å²) in [6.45, 7) is 27.4. The van der Waals surface area contributed by atoms with Gasteiger partial charge in [0.05, 0.1) is 0 Å². The Hall–Kier alpha value is -3.52. The van der Waals surface area contributed by atoms with Gasteiger partial charge in [-0.2, -0.15) is 0 Å². The monoisotopic (exact) mass is 891 g/mol. The molecular weight excluding hydrogens is 839 g/mol. The summed E-state index contributed by atoms with van der Waals surface area (Å²) in [5.74, 6) is 0. The predicted molar refractivity (Wildman–Crippen MR) is 255 cm³/mol. The van der Waals surface area contributed by atoms with Crippen LogP contribution < -0.4 is 13.6 Å². The zero-order chi connectivity index (χ0) is 41.3. The van der Waals surface area contributed by atoms with Gasteiger partial charge in [0.25, 0.3) is 0 Å². The van der Waals surface area contributed by atoms with Crippen LogP contribution in [-0.4, -0.2) is 9.52 Å². The van der Waals surface area contributed by atoms with Gasteiger partial charge in [-0.3, -0.25) is 0 Å². The summed E-state index contributed by atoms with van der Waals surface area (Å²) in [5, 5.41) is 2.95. The van der Waals surface area contributed by atoms with E-state index in [-0.39, 0.29) is 7.25 Å². The molecule has 1 aliphatic heterocycles.